The summed E-state index contributed by atoms with van der Waals surface area (Å²) in [7, 11) is 0. The molecule has 68 valence electrons. The van der Waals surface area contributed by atoms with E-state index in [0.717, 1.165) is 16.4 Å². The molecule has 0 N–H and O–H groups in total. The van der Waals surface area contributed by atoms with Gasteiger partial charge >= 0.3 is 0 Å². The summed E-state index contributed by atoms with van der Waals surface area (Å²) < 4.78 is 5.41. The fourth-order valence-electron chi connectivity index (χ4n) is 1.13. The smallest absolute Gasteiger partial charge is 0.134 e. The van der Waals surface area contributed by atoms with E-state index in [4.69, 9.17) is 4.42 Å². The molecule has 0 spiro atoms. The van der Waals surface area contributed by atoms with Crippen molar-refractivity contribution in [3.05, 3.63) is 40.3 Å². The Morgan fingerprint density at radius 1 is 1.15 bits per heavy atom. The minimum absolute atomic E-state index is 0.920. The van der Waals surface area contributed by atoms with Crippen LogP contribution in [0, 0.1) is 6.92 Å². The maximum absolute atomic E-state index is 5.41. The first kappa shape index (κ1) is 9.63. The molecule has 2 rings (SSSR count). The second kappa shape index (κ2) is 4.54. The second-order valence-corrected chi connectivity index (χ2v) is 2.51. The van der Waals surface area contributed by atoms with E-state index in [2.05, 4.69) is 5.73 Å². The molecular formula is C12H14O. The Labute approximate surface area is 78.4 Å². The van der Waals surface area contributed by atoms with Gasteiger partial charge in [-0.05, 0) is 37.3 Å². The zero-order valence-corrected chi connectivity index (χ0v) is 8.29. The fraction of sp³-hybridized carbons (Fsp3) is 0.250. The molecule has 0 unspecified atom stereocenters. The van der Waals surface area contributed by atoms with Gasteiger partial charge in [0.25, 0.3) is 0 Å². The van der Waals surface area contributed by atoms with Crippen molar-refractivity contribution in [1.82, 2.24) is 0 Å². The predicted molar refractivity (Wildman–Crippen MR) is 55.6 cm³/mol. The molecule has 0 atom stereocenters. The Balaban J connectivity index is 0.000000396. The Kier molecular flexibility index (Phi) is 3.36. The van der Waals surface area contributed by atoms with Gasteiger partial charge in [-0.2, -0.15) is 0 Å². The van der Waals surface area contributed by atoms with Crippen LogP contribution in [-0.2, 0) is 0 Å². The summed E-state index contributed by atoms with van der Waals surface area (Å²) in [6, 6.07) is 2.02. The van der Waals surface area contributed by atoms with Crippen LogP contribution >= 0.6 is 0 Å². The van der Waals surface area contributed by atoms with E-state index < -0.39 is 0 Å². The lowest BCUT2D eigenvalue weighted by Gasteiger charge is -1.74. The number of aryl methyl sites for hydroxylation is 1. The highest BCUT2D eigenvalue weighted by Gasteiger charge is 1.92. The highest BCUT2D eigenvalue weighted by atomic mass is 16.3. The van der Waals surface area contributed by atoms with E-state index in [1.165, 1.54) is 0 Å². The molecule has 0 amide bonds. The van der Waals surface area contributed by atoms with Crippen molar-refractivity contribution in [2.75, 3.05) is 0 Å². The molecule has 1 aromatic heterocycles. The zero-order chi connectivity index (χ0) is 9.68. The number of hydrogen-bond donors (Lipinski definition) is 0. The van der Waals surface area contributed by atoms with Crippen molar-refractivity contribution in [3.8, 4) is 0 Å². The van der Waals surface area contributed by atoms with Gasteiger partial charge in [-0.1, -0.05) is 13.8 Å². The van der Waals surface area contributed by atoms with Gasteiger partial charge in [-0.25, -0.2) is 0 Å². The molecule has 1 aliphatic carbocycles. The summed E-state index contributed by atoms with van der Waals surface area (Å²) in [5.41, 5.74) is 3.90. The van der Waals surface area contributed by atoms with E-state index in [1.54, 1.807) is 0 Å². The molecule has 1 nitrogen and oxygen atoms in total. The van der Waals surface area contributed by atoms with Crippen LogP contribution in [0.4, 0.5) is 0 Å². The van der Waals surface area contributed by atoms with Gasteiger partial charge in [0.2, 0.25) is 0 Å². The topological polar surface area (TPSA) is 13.1 Å². The maximum Gasteiger partial charge on any atom is 0.134 e. The first-order valence-corrected chi connectivity index (χ1v) is 4.56. The summed E-state index contributed by atoms with van der Waals surface area (Å²) in [6.07, 6.45) is 7.65. The van der Waals surface area contributed by atoms with Gasteiger partial charge < -0.3 is 4.42 Å². The van der Waals surface area contributed by atoms with E-state index >= 15 is 0 Å². The predicted octanol–water partition coefficient (Wildman–Crippen LogP) is 1.90. The van der Waals surface area contributed by atoms with Gasteiger partial charge in [0, 0.05) is 5.22 Å². The highest BCUT2D eigenvalue weighted by molar-refractivity contribution is 5.45. The average Bonchev–Trinajstić information content (AvgIpc) is 2.36. The molecule has 0 saturated carbocycles. The number of allylic oxidation sites excluding steroid dienone is 1. The molecule has 1 heteroatoms. The Morgan fingerprint density at radius 3 is 2.62 bits per heavy atom. The molecule has 0 saturated heterocycles. The lowest BCUT2D eigenvalue weighted by atomic mass is 10.3. The molecule has 0 radical (unpaired) electrons. The van der Waals surface area contributed by atoms with Gasteiger partial charge in [0.1, 0.15) is 11.2 Å². The van der Waals surface area contributed by atoms with Crippen LogP contribution in [0.2, 0.25) is 0 Å². The van der Waals surface area contributed by atoms with Crippen molar-refractivity contribution in [1.29, 1.82) is 0 Å². The summed E-state index contributed by atoms with van der Waals surface area (Å²) in [4.78, 5) is 0. The van der Waals surface area contributed by atoms with Gasteiger partial charge in [0.15, 0.2) is 0 Å². The fourth-order valence-corrected chi connectivity index (χ4v) is 1.13. The van der Waals surface area contributed by atoms with Crippen LogP contribution in [0.5, 0.6) is 0 Å². The first-order valence-electron chi connectivity index (χ1n) is 4.56. The molecule has 0 aromatic carbocycles. The minimum atomic E-state index is 0.920. The number of rotatable bonds is 0. The van der Waals surface area contributed by atoms with Crippen molar-refractivity contribution >= 4 is 12.2 Å². The van der Waals surface area contributed by atoms with Gasteiger partial charge in [0.05, 0.1) is 0 Å². The lowest BCUT2D eigenvalue weighted by molar-refractivity contribution is 0.501. The number of furan rings is 1. The third-order valence-corrected chi connectivity index (χ3v) is 1.60. The quantitative estimate of drug-likeness (QED) is 0.547. The Bertz CT molecular complexity index is 402. The van der Waals surface area contributed by atoms with Crippen LogP contribution in [0.15, 0.2) is 28.4 Å². The van der Waals surface area contributed by atoms with Crippen LogP contribution < -0.4 is 10.6 Å². The van der Waals surface area contributed by atoms with E-state index in [1.807, 2.05) is 51.1 Å². The van der Waals surface area contributed by atoms with Crippen LogP contribution in [0.3, 0.4) is 0 Å². The maximum atomic E-state index is 5.41. The normalized spacial score (nSPS) is 11.6. The summed E-state index contributed by atoms with van der Waals surface area (Å²) in [5.74, 6) is 0.950. The molecule has 13 heavy (non-hydrogen) atoms. The largest absolute Gasteiger partial charge is 0.461 e. The Morgan fingerprint density at radius 2 is 1.85 bits per heavy atom. The van der Waals surface area contributed by atoms with E-state index in [0.29, 0.717) is 0 Å². The van der Waals surface area contributed by atoms with Crippen molar-refractivity contribution < 1.29 is 4.42 Å². The van der Waals surface area contributed by atoms with Gasteiger partial charge in [-0.15, -0.1) is 5.73 Å². The summed E-state index contributed by atoms with van der Waals surface area (Å²) >= 11 is 0. The number of hydrogen-bond acceptors (Lipinski definition) is 1. The second-order valence-electron chi connectivity index (χ2n) is 2.51. The lowest BCUT2D eigenvalue weighted by Crippen LogP contribution is -2.17. The van der Waals surface area contributed by atoms with Crippen LogP contribution in [0.1, 0.15) is 19.6 Å². The van der Waals surface area contributed by atoms with E-state index in [9.17, 15) is 0 Å². The first-order chi connectivity index (χ1) is 6.36. The van der Waals surface area contributed by atoms with Crippen molar-refractivity contribution in [2.45, 2.75) is 20.8 Å². The molecule has 1 aromatic rings. The third-order valence-electron chi connectivity index (χ3n) is 1.60. The van der Waals surface area contributed by atoms with Crippen molar-refractivity contribution in [2.24, 2.45) is 0 Å². The van der Waals surface area contributed by atoms with E-state index in [-0.39, 0.29) is 0 Å². The van der Waals surface area contributed by atoms with Crippen LogP contribution in [0.25, 0.3) is 12.2 Å². The van der Waals surface area contributed by atoms with Crippen LogP contribution in [-0.4, -0.2) is 0 Å². The average molecular weight is 174 g/mol. The monoisotopic (exact) mass is 174 g/mol. The highest BCUT2D eigenvalue weighted by Crippen LogP contribution is 1.87. The molecule has 0 aliphatic heterocycles. The molecular weight excluding hydrogens is 160 g/mol. The van der Waals surface area contributed by atoms with Crippen molar-refractivity contribution in [3.63, 3.8) is 0 Å². The summed E-state index contributed by atoms with van der Waals surface area (Å²) in [6.45, 7) is 5.95. The molecule has 1 aliphatic rings. The SMILES string of the molecule is CC.Cc1cc2c(o1)=CC=C=CC=2. The molecule has 1 heterocycles. The minimum Gasteiger partial charge on any atom is -0.461 e. The molecule has 0 fully saturated rings. The molecule has 0 bridgehead atoms. The zero-order valence-electron chi connectivity index (χ0n) is 8.29. The van der Waals surface area contributed by atoms with Gasteiger partial charge in [-0.3, -0.25) is 0 Å². The number of fused-ring (bicyclic) bond motifs is 1. The third kappa shape index (κ3) is 2.24. The summed E-state index contributed by atoms with van der Waals surface area (Å²) in [5, 5.41) is 1.13. The standard InChI is InChI=1S/C10H8O.C2H6/c1-8-7-9-5-3-2-4-6-10(9)11-8;1-2/h3-7H,1H3;1-2H3. The Hall–Kier alpha value is -1.46.